The minimum absolute atomic E-state index is 0.157. The number of rotatable bonds is 9. The molecule has 2 aromatic rings. The number of benzene rings is 2. The molecule has 1 amide bonds. The Bertz CT molecular complexity index is 1070. The molecule has 0 aliphatic heterocycles. The molecule has 0 unspecified atom stereocenters. The number of esters is 1. The number of hydrogen-bond donors (Lipinski definition) is 1. The Kier molecular flexibility index (Phi) is 7.97. The van der Waals surface area contributed by atoms with Crippen molar-refractivity contribution in [1.82, 2.24) is 5.43 Å². The maximum atomic E-state index is 12.3. The van der Waals surface area contributed by atoms with E-state index in [9.17, 15) is 18.0 Å². The quantitative estimate of drug-likeness (QED) is 0.267. The molecule has 0 aromatic heterocycles. The van der Waals surface area contributed by atoms with Gasteiger partial charge in [0.2, 0.25) is 10.0 Å². The summed E-state index contributed by atoms with van der Waals surface area (Å²) in [7, 11) is -0.986. The molecule has 0 bridgehead atoms. The summed E-state index contributed by atoms with van der Waals surface area (Å²) in [6.45, 7) is 0.775. The third-order valence-corrected chi connectivity index (χ3v) is 5.01. The monoisotopic (exact) mass is 449 g/mol. The molecule has 31 heavy (non-hydrogen) atoms. The van der Waals surface area contributed by atoms with Crippen LogP contribution >= 0.6 is 0 Å². The van der Waals surface area contributed by atoms with Crippen molar-refractivity contribution in [3.05, 3.63) is 48.0 Å². The van der Waals surface area contributed by atoms with Crippen LogP contribution in [0.25, 0.3) is 0 Å². The van der Waals surface area contributed by atoms with Crippen molar-refractivity contribution in [2.75, 3.05) is 31.3 Å². The van der Waals surface area contributed by atoms with Gasteiger partial charge in [0.15, 0.2) is 0 Å². The van der Waals surface area contributed by atoms with E-state index in [2.05, 4.69) is 10.5 Å². The number of carbonyl (C=O) groups is 2. The lowest BCUT2D eigenvalue weighted by atomic mass is 10.2. The number of nitrogens with one attached hydrogen (secondary N) is 1. The lowest BCUT2D eigenvalue weighted by molar-refractivity contribution is -0.131. The Morgan fingerprint density at radius 1 is 1.06 bits per heavy atom. The number of methoxy groups -OCH3 is 2. The number of anilines is 1. The summed E-state index contributed by atoms with van der Waals surface area (Å²) in [6, 6.07) is 11.0. The molecule has 166 valence electrons. The number of hydrogen-bond acceptors (Lipinski definition) is 8. The normalized spacial score (nSPS) is 11.1. The van der Waals surface area contributed by atoms with E-state index >= 15 is 0 Å². The number of sulfonamides is 1. The summed E-state index contributed by atoms with van der Waals surface area (Å²) >= 11 is 0. The van der Waals surface area contributed by atoms with Gasteiger partial charge in [0, 0.05) is 13.0 Å². The summed E-state index contributed by atoms with van der Waals surface area (Å²) in [5.74, 6) is -0.0555. The van der Waals surface area contributed by atoms with Crippen LogP contribution < -0.4 is 23.9 Å². The molecule has 10 nitrogen and oxygen atoms in total. The van der Waals surface area contributed by atoms with Gasteiger partial charge in [-0.15, -0.1) is 0 Å². The Balaban J connectivity index is 2.12. The van der Waals surface area contributed by atoms with Crippen molar-refractivity contribution in [1.29, 1.82) is 0 Å². The topological polar surface area (TPSA) is 124 Å². The van der Waals surface area contributed by atoms with Gasteiger partial charge in [-0.3, -0.25) is 13.9 Å². The first-order valence-electron chi connectivity index (χ1n) is 8.94. The zero-order chi connectivity index (χ0) is 23.0. The molecule has 2 aromatic carbocycles. The summed E-state index contributed by atoms with van der Waals surface area (Å²) in [4.78, 5) is 23.3. The van der Waals surface area contributed by atoms with E-state index in [4.69, 9.17) is 14.2 Å². The van der Waals surface area contributed by atoms with Gasteiger partial charge >= 0.3 is 5.97 Å². The van der Waals surface area contributed by atoms with Crippen LogP contribution in [0.15, 0.2) is 47.6 Å². The maximum Gasteiger partial charge on any atom is 0.308 e. The molecule has 0 fully saturated rings. The molecular weight excluding hydrogens is 426 g/mol. The number of amides is 1. The third kappa shape index (κ3) is 7.00. The van der Waals surface area contributed by atoms with Crippen molar-refractivity contribution in [3.63, 3.8) is 0 Å². The molecule has 0 aliphatic rings. The van der Waals surface area contributed by atoms with E-state index in [0.717, 1.165) is 10.6 Å². The fourth-order valence-corrected chi connectivity index (χ4v) is 3.36. The van der Waals surface area contributed by atoms with Crippen LogP contribution in [0.1, 0.15) is 12.5 Å². The van der Waals surface area contributed by atoms with Crippen LogP contribution in [0, 0.1) is 0 Å². The third-order valence-electron chi connectivity index (χ3n) is 3.89. The van der Waals surface area contributed by atoms with E-state index in [-0.39, 0.29) is 11.4 Å². The van der Waals surface area contributed by atoms with Gasteiger partial charge in [0.25, 0.3) is 5.91 Å². The highest BCUT2D eigenvalue weighted by Gasteiger charge is 2.24. The molecule has 0 saturated carbocycles. The smallest absolute Gasteiger partial charge is 0.308 e. The first-order chi connectivity index (χ1) is 14.6. The van der Waals surface area contributed by atoms with E-state index in [1.165, 1.54) is 33.4 Å². The maximum absolute atomic E-state index is 12.3. The van der Waals surface area contributed by atoms with Crippen LogP contribution in [-0.2, 0) is 19.6 Å². The summed E-state index contributed by atoms with van der Waals surface area (Å²) in [5.41, 5.74) is 3.07. The molecule has 0 atom stereocenters. The van der Waals surface area contributed by atoms with Crippen molar-refractivity contribution < 1.29 is 32.2 Å². The van der Waals surface area contributed by atoms with Crippen molar-refractivity contribution in [3.8, 4) is 17.2 Å². The largest absolute Gasteiger partial charge is 0.497 e. The number of carbonyl (C=O) groups excluding carboxylic acids is 2. The van der Waals surface area contributed by atoms with E-state index in [1.807, 2.05) is 0 Å². The molecule has 0 heterocycles. The van der Waals surface area contributed by atoms with Crippen molar-refractivity contribution >= 4 is 33.8 Å². The van der Waals surface area contributed by atoms with Crippen LogP contribution in [0.3, 0.4) is 0 Å². The number of hydrazone groups is 1. The average molecular weight is 449 g/mol. The minimum Gasteiger partial charge on any atom is -0.497 e. The highest BCUT2D eigenvalue weighted by Crippen LogP contribution is 2.33. The Morgan fingerprint density at radius 2 is 1.71 bits per heavy atom. The number of ether oxygens (including phenoxy) is 3. The summed E-state index contributed by atoms with van der Waals surface area (Å²) in [6.07, 6.45) is 2.35. The van der Waals surface area contributed by atoms with E-state index < -0.39 is 28.4 Å². The van der Waals surface area contributed by atoms with Gasteiger partial charge < -0.3 is 14.2 Å². The van der Waals surface area contributed by atoms with E-state index in [1.54, 1.807) is 36.4 Å². The molecule has 0 spiro atoms. The van der Waals surface area contributed by atoms with Gasteiger partial charge in [-0.25, -0.2) is 13.8 Å². The standard InChI is InChI=1S/C20H23N3O7S/c1-14(24)30-16-7-5-15(6-8-16)12-21-22-20(25)13-23(31(4,26)27)18-11-17(28-2)9-10-19(18)29-3/h5-12H,13H2,1-4H3,(H,22,25)/b21-12-. The molecular formula is C20H23N3O7S. The Hall–Kier alpha value is -3.60. The SMILES string of the molecule is COc1ccc(OC)c(N(CC(=O)N/N=C\c2ccc(OC(C)=O)cc2)S(C)(=O)=O)c1. The Morgan fingerprint density at radius 3 is 2.26 bits per heavy atom. The molecule has 0 aliphatic carbocycles. The van der Waals surface area contributed by atoms with Gasteiger partial charge in [-0.2, -0.15) is 5.10 Å². The molecule has 0 radical (unpaired) electrons. The minimum atomic E-state index is -3.82. The van der Waals surface area contributed by atoms with Gasteiger partial charge in [-0.1, -0.05) is 0 Å². The fraction of sp³-hybridized carbons (Fsp3) is 0.250. The molecule has 1 N–H and O–H groups in total. The van der Waals surface area contributed by atoms with Crippen LogP contribution in [-0.4, -0.2) is 53.5 Å². The lowest BCUT2D eigenvalue weighted by Crippen LogP contribution is -2.39. The number of nitrogens with zero attached hydrogens (tertiary/aromatic N) is 2. The van der Waals surface area contributed by atoms with Gasteiger partial charge in [0.1, 0.15) is 23.8 Å². The molecule has 11 heteroatoms. The molecule has 2 rings (SSSR count). The molecule has 0 saturated heterocycles. The first kappa shape index (κ1) is 23.7. The second-order valence-corrected chi connectivity index (χ2v) is 8.17. The van der Waals surface area contributed by atoms with Crippen LogP contribution in [0.4, 0.5) is 5.69 Å². The van der Waals surface area contributed by atoms with Gasteiger partial charge in [-0.05, 0) is 42.0 Å². The van der Waals surface area contributed by atoms with E-state index in [0.29, 0.717) is 17.1 Å². The highest BCUT2D eigenvalue weighted by molar-refractivity contribution is 7.92. The highest BCUT2D eigenvalue weighted by atomic mass is 32.2. The zero-order valence-electron chi connectivity index (χ0n) is 17.5. The van der Waals surface area contributed by atoms with Gasteiger partial charge in [0.05, 0.1) is 32.4 Å². The summed E-state index contributed by atoms with van der Waals surface area (Å²) < 4.78 is 40.8. The predicted molar refractivity (Wildman–Crippen MR) is 115 cm³/mol. The summed E-state index contributed by atoms with van der Waals surface area (Å²) in [5, 5.41) is 3.83. The van der Waals surface area contributed by atoms with Crippen LogP contribution in [0.5, 0.6) is 17.2 Å². The second-order valence-electron chi connectivity index (χ2n) is 6.26. The zero-order valence-corrected chi connectivity index (χ0v) is 18.3. The Labute approximate surface area is 180 Å². The fourth-order valence-electron chi connectivity index (χ4n) is 2.51. The van der Waals surface area contributed by atoms with Crippen molar-refractivity contribution in [2.45, 2.75) is 6.92 Å². The average Bonchev–Trinajstić information content (AvgIpc) is 2.71. The lowest BCUT2D eigenvalue weighted by Gasteiger charge is -2.23. The predicted octanol–water partition coefficient (Wildman–Crippen LogP) is 1.55. The first-order valence-corrected chi connectivity index (χ1v) is 10.8. The van der Waals surface area contributed by atoms with Crippen molar-refractivity contribution in [2.24, 2.45) is 5.10 Å². The second kappa shape index (κ2) is 10.4. The van der Waals surface area contributed by atoms with Crippen LogP contribution in [0.2, 0.25) is 0 Å².